The van der Waals surface area contributed by atoms with Crippen molar-refractivity contribution in [1.82, 2.24) is 9.80 Å². The molecular formula is C23H24FN3O. The second-order valence-electron chi connectivity index (χ2n) is 7.20. The molecule has 1 saturated heterocycles. The van der Waals surface area contributed by atoms with E-state index < -0.39 is 0 Å². The highest BCUT2D eigenvalue weighted by atomic mass is 19.1. The van der Waals surface area contributed by atoms with Gasteiger partial charge < -0.3 is 10.2 Å². The molecule has 144 valence electrons. The van der Waals surface area contributed by atoms with Gasteiger partial charge in [0.15, 0.2) is 0 Å². The second-order valence-corrected chi connectivity index (χ2v) is 7.20. The van der Waals surface area contributed by atoms with Crippen molar-refractivity contribution in [3.8, 4) is 0 Å². The summed E-state index contributed by atoms with van der Waals surface area (Å²) in [7, 11) is 0. The molecule has 2 amide bonds. The van der Waals surface area contributed by atoms with Gasteiger partial charge in [0.05, 0.1) is 5.69 Å². The summed E-state index contributed by atoms with van der Waals surface area (Å²) in [4.78, 5) is 17.0. The summed E-state index contributed by atoms with van der Waals surface area (Å²) in [6.07, 6.45) is 0.921. The highest BCUT2D eigenvalue weighted by molar-refractivity contribution is 6.01. The summed E-state index contributed by atoms with van der Waals surface area (Å²) in [6, 6.07) is 20.6. The molecule has 0 aliphatic carbocycles. The molecule has 1 fully saturated rings. The summed E-state index contributed by atoms with van der Waals surface area (Å²) in [5.41, 5.74) is 1.94. The van der Waals surface area contributed by atoms with E-state index in [1.807, 2.05) is 59.5 Å². The minimum atomic E-state index is -0.212. The number of nitrogens with zero attached hydrogens (tertiary/aromatic N) is 2. The van der Waals surface area contributed by atoms with Gasteiger partial charge in [-0.2, -0.15) is 0 Å². The van der Waals surface area contributed by atoms with Gasteiger partial charge in [0.2, 0.25) is 0 Å². The first kappa shape index (κ1) is 18.4. The van der Waals surface area contributed by atoms with E-state index in [1.165, 1.54) is 12.1 Å². The number of urea groups is 1. The molecule has 1 N–H and O–H groups in total. The molecule has 4 nitrogen and oxygen atoms in total. The molecular weight excluding hydrogens is 353 g/mol. The van der Waals surface area contributed by atoms with Crippen LogP contribution in [0.1, 0.15) is 12.0 Å². The average Bonchev–Trinajstić information content (AvgIpc) is 2.96. The summed E-state index contributed by atoms with van der Waals surface area (Å²) in [5.74, 6) is -0.212. The number of fused-ring (bicyclic) bond motifs is 1. The molecule has 4 rings (SSSR count). The van der Waals surface area contributed by atoms with Crippen LogP contribution in [0.25, 0.3) is 10.8 Å². The highest BCUT2D eigenvalue weighted by Gasteiger charge is 2.19. The predicted molar refractivity (Wildman–Crippen MR) is 111 cm³/mol. The largest absolute Gasteiger partial charge is 0.323 e. The number of benzene rings is 3. The maximum atomic E-state index is 13.1. The Hall–Kier alpha value is -2.92. The van der Waals surface area contributed by atoms with Crippen molar-refractivity contribution in [3.63, 3.8) is 0 Å². The average molecular weight is 377 g/mol. The number of carbonyl (C=O) groups excluding carboxylic acids is 1. The van der Waals surface area contributed by atoms with Crippen LogP contribution in [0.4, 0.5) is 14.9 Å². The van der Waals surface area contributed by atoms with Crippen LogP contribution in [0.5, 0.6) is 0 Å². The summed E-state index contributed by atoms with van der Waals surface area (Å²) < 4.78 is 13.1. The molecule has 1 aliphatic heterocycles. The van der Waals surface area contributed by atoms with Gasteiger partial charge in [-0.05, 0) is 35.6 Å². The lowest BCUT2D eigenvalue weighted by atomic mass is 10.1. The Bertz CT molecular complexity index is 952. The Labute approximate surface area is 164 Å². The fourth-order valence-electron chi connectivity index (χ4n) is 3.71. The molecule has 3 aromatic rings. The van der Waals surface area contributed by atoms with Gasteiger partial charge in [-0.3, -0.25) is 4.90 Å². The van der Waals surface area contributed by atoms with Crippen LogP contribution in [0.15, 0.2) is 66.7 Å². The van der Waals surface area contributed by atoms with Crippen molar-refractivity contribution in [1.29, 1.82) is 0 Å². The molecule has 0 unspecified atom stereocenters. The second kappa shape index (κ2) is 8.40. The highest BCUT2D eigenvalue weighted by Crippen LogP contribution is 2.23. The molecule has 28 heavy (non-hydrogen) atoms. The van der Waals surface area contributed by atoms with E-state index in [4.69, 9.17) is 0 Å². The number of carbonyl (C=O) groups is 1. The third-order valence-electron chi connectivity index (χ3n) is 5.23. The molecule has 0 saturated carbocycles. The van der Waals surface area contributed by atoms with E-state index in [2.05, 4.69) is 10.2 Å². The van der Waals surface area contributed by atoms with E-state index in [0.29, 0.717) is 6.54 Å². The summed E-state index contributed by atoms with van der Waals surface area (Å²) in [6.45, 7) is 3.92. The fraction of sp³-hybridized carbons (Fsp3) is 0.261. The molecule has 1 heterocycles. The zero-order valence-corrected chi connectivity index (χ0v) is 15.8. The van der Waals surface area contributed by atoms with Crippen molar-refractivity contribution in [2.75, 3.05) is 31.5 Å². The normalized spacial score (nSPS) is 15.4. The lowest BCUT2D eigenvalue weighted by Gasteiger charge is -2.22. The maximum Gasteiger partial charge on any atom is 0.321 e. The molecule has 0 bridgehead atoms. The Morgan fingerprint density at radius 2 is 1.68 bits per heavy atom. The van der Waals surface area contributed by atoms with Crippen LogP contribution in [-0.4, -0.2) is 42.0 Å². The predicted octanol–water partition coefficient (Wildman–Crippen LogP) is 4.72. The molecule has 0 radical (unpaired) electrons. The van der Waals surface area contributed by atoms with Crippen molar-refractivity contribution in [3.05, 3.63) is 78.1 Å². The lowest BCUT2D eigenvalue weighted by Crippen LogP contribution is -2.38. The van der Waals surface area contributed by atoms with E-state index in [9.17, 15) is 9.18 Å². The minimum absolute atomic E-state index is 0.0556. The van der Waals surface area contributed by atoms with Crippen LogP contribution in [-0.2, 0) is 6.54 Å². The topological polar surface area (TPSA) is 35.6 Å². The van der Waals surface area contributed by atoms with Crippen molar-refractivity contribution < 1.29 is 9.18 Å². The van der Waals surface area contributed by atoms with Crippen LogP contribution in [0, 0.1) is 5.82 Å². The Morgan fingerprint density at radius 1 is 0.893 bits per heavy atom. The lowest BCUT2D eigenvalue weighted by molar-refractivity contribution is 0.211. The van der Waals surface area contributed by atoms with Gasteiger partial charge in [-0.1, -0.05) is 48.5 Å². The molecule has 5 heteroatoms. The van der Waals surface area contributed by atoms with Crippen LogP contribution in [0.3, 0.4) is 0 Å². The number of hydrogen-bond acceptors (Lipinski definition) is 2. The Balaban J connectivity index is 1.38. The number of amides is 2. The van der Waals surface area contributed by atoms with E-state index in [-0.39, 0.29) is 11.8 Å². The van der Waals surface area contributed by atoms with Crippen LogP contribution in [0.2, 0.25) is 0 Å². The third-order valence-corrected chi connectivity index (χ3v) is 5.23. The van der Waals surface area contributed by atoms with E-state index >= 15 is 0 Å². The van der Waals surface area contributed by atoms with Gasteiger partial charge in [-0.15, -0.1) is 0 Å². The monoisotopic (exact) mass is 377 g/mol. The van der Waals surface area contributed by atoms with E-state index in [1.54, 1.807) is 0 Å². The van der Waals surface area contributed by atoms with Gasteiger partial charge in [0, 0.05) is 38.1 Å². The Kier molecular flexibility index (Phi) is 5.53. The van der Waals surface area contributed by atoms with Crippen molar-refractivity contribution >= 4 is 22.5 Å². The molecule has 1 aliphatic rings. The number of nitrogens with one attached hydrogen (secondary N) is 1. The minimum Gasteiger partial charge on any atom is -0.323 e. The number of rotatable bonds is 3. The third kappa shape index (κ3) is 4.31. The summed E-state index contributed by atoms with van der Waals surface area (Å²) in [5, 5.41) is 5.24. The quantitative estimate of drug-likeness (QED) is 0.717. The molecule has 0 atom stereocenters. The first-order chi connectivity index (χ1) is 13.7. The maximum absolute atomic E-state index is 13.1. The smallest absolute Gasteiger partial charge is 0.321 e. The van der Waals surface area contributed by atoms with Crippen molar-refractivity contribution in [2.45, 2.75) is 13.0 Å². The van der Waals surface area contributed by atoms with Gasteiger partial charge in [0.25, 0.3) is 0 Å². The first-order valence-electron chi connectivity index (χ1n) is 9.69. The van der Waals surface area contributed by atoms with Crippen LogP contribution < -0.4 is 5.32 Å². The summed E-state index contributed by atoms with van der Waals surface area (Å²) >= 11 is 0. The number of halogens is 1. The molecule has 3 aromatic carbocycles. The van der Waals surface area contributed by atoms with Crippen LogP contribution >= 0.6 is 0 Å². The van der Waals surface area contributed by atoms with Crippen molar-refractivity contribution in [2.24, 2.45) is 0 Å². The van der Waals surface area contributed by atoms with Gasteiger partial charge in [-0.25, -0.2) is 9.18 Å². The van der Waals surface area contributed by atoms with Gasteiger partial charge >= 0.3 is 6.03 Å². The number of hydrogen-bond donors (Lipinski definition) is 1. The van der Waals surface area contributed by atoms with E-state index in [0.717, 1.165) is 54.6 Å². The first-order valence-corrected chi connectivity index (χ1v) is 9.69. The zero-order valence-electron chi connectivity index (χ0n) is 15.8. The molecule has 0 spiro atoms. The standard InChI is InChI=1S/C23H24FN3O/c24-20-11-9-18(10-12-20)17-26-13-4-14-27(16-15-26)23(28)25-22-8-3-6-19-5-1-2-7-21(19)22/h1-3,5-12H,4,13-17H2,(H,25,28). The number of anilines is 1. The Morgan fingerprint density at radius 3 is 2.54 bits per heavy atom. The fourth-order valence-corrected chi connectivity index (χ4v) is 3.71. The zero-order chi connectivity index (χ0) is 19.3. The molecule has 0 aromatic heterocycles. The van der Waals surface area contributed by atoms with Gasteiger partial charge in [0.1, 0.15) is 5.82 Å². The SMILES string of the molecule is O=C(Nc1cccc2ccccc12)N1CCCN(Cc2ccc(F)cc2)CC1.